The number of aromatic nitrogens is 2. The van der Waals surface area contributed by atoms with Crippen molar-refractivity contribution >= 4 is 0 Å². The van der Waals surface area contributed by atoms with Crippen molar-refractivity contribution in [3.63, 3.8) is 0 Å². The largest absolute Gasteiger partial charge is 0.394 e. The quantitative estimate of drug-likeness (QED) is 0.777. The third-order valence-electron chi connectivity index (χ3n) is 2.28. The Labute approximate surface area is 88.0 Å². The second-order valence-electron chi connectivity index (χ2n) is 3.30. The van der Waals surface area contributed by atoms with E-state index in [-0.39, 0.29) is 12.6 Å². The van der Waals surface area contributed by atoms with Crippen molar-refractivity contribution in [2.75, 3.05) is 6.61 Å². The Balaban J connectivity index is 2.47. The maximum atomic E-state index is 9.06. The number of para-hydroxylation sites is 1. The van der Waals surface area contributed by atoms with Crippen LogP contribution in [0.3, 0.4) is 0 Å². The van der Waals surface area contributed by atoms with Gasteiger partial charge in [-0.05, 0) is 17.7 Å². The lowest BCUT2D eigenvalue weighted by Gasteiger charge is -2.13. The average molecular weight is 203 g/mol. The standard InChI is InChI=1S/C11H13N3O/c12-10(8-15)9-4-1-2-5-11(9)14-7-3-6-13-14/h1-7,10,15H,8,12H2. The maximum absolute atomic E-state index is 9.06. The highest BCUT2D eigenvalue weighted by Gasteiger charge is 2.10. The molecular formula is C11H13N3O. The van der Waals surface area contributed by atoms with Gasteiger partial charge in [-0.3, -0.25) is 0 Å². The van der Waals surface area contributed by atoms with E-state index in [1.54, 1.807) is 10.9 Å². The molecule has 2 rings (SSSR count). The van der Waals surface area contributed by atoms with Gasteiger partial charge >= 0.3 is 0 Å². The first-order valence-electron chi connectivity index (χ1n) is 4.78. The minimum absolute atomic E-state index is 0.0711. The first-order chi connectivity index (χ1) is 7.33. The summed E-state index contributed by atoms with van der Waals surface area (Å²) in [5.41, 5.74) is 7.61. The molecule has 0 amide bonds. The molecule has 4 heteroatoms. The van der Waals surface area contributed by atoms with Crippen LogP contribution < -0.4 is 5.73 Å². The molecule has 0 saturated heterocycles. The van der Waals surface area contributed by atoms with Crippen LogP contribution >= 0.6 is 0 Å². The Bertz CT molecular complexity index is 425. The van der Waals surface area contributed by atoms with Gasteiger partial charge < -0.3 is 10.8 Å². The molecule has 1 unspecified atom stereocenters. The second-order valence-corrected chi connectivity index (χ2v) is 3.30. The van der Waals surface area contributed by atoms with E-state index < -0.39 is 0 Å². The normalized spacial score (nSPS) is 12.7. The van der Waals surface area contributed by atoms with Crippen molar-refractivity contribution in [2.24, 2.45) is 5.73 Å². The molecule has 0 aliphatic rings. The lowest BCUT2D eigenvalue weighted by molar-refractivity contribution is 0.268. The highest BCUT2D eigenvalue weighted by atomic mass is 16.3. The van der Waals surface area contributed by atoms with Crippen molar-refractivity contribution in [1.29, 1.82) is 0 Å². The van der Waals surface area contributed by atoms with Gasteiger partial charge in [0.25, 0.3) is 0 Å². The van der Waals surface area contributed by atoms with Gasteiger partial charge in [0.15, 0.2) is 0 Å². The number of aliphatic hydroxyl groups is 1. The van der Waals surface area contributed by atoms with Gasteiger partial charge in [-0.25, -0.2) is 4.68 Å². The fourth-order valence-corrected chi connectivity index (χ4v) is 1.52. The van der Waals surface area contributed by atoms with Crippen LogP contribution in [-0.2, 0) is 0 Å². The first-order valence-corrected chi connectivity index (χ1v) is 4.78. The molecule has 1 aromatic heterocycles. The number of rotatable bonds is 3. The molecule has 0 aliphatic carbocycles. The predicted molar refractivity (Wildman–Crippen MR) is 57.6 cm³/mol. The number of aliphatic hydroxyl groups excluding tert-OH is 1. The summed E-state index contributed by atoms with van der Waals surface area (Å²) in [6, 6.07) is 9.13. The van der Waals surface area contributed by atoms with Gasteiger partial charge in [0, 0.05) is 12.4 Å². The van der Waals surface area contributed by atoms with Crippen LogP contribution in [0.2, 0.25) is 0 Å². The molecule has 0 fully saturated rings. The van der Waals surface area contributed by atoms with E-state index >= 15 is 0 Å². The van der Waals surface area contributed by atoms with E-state index in [1.165, 1.54) is 0 Å². The lowest BCUT2D eigenvalue weighted by atomic mass is 10.1. The van der Waals surface area contributed by atoms with Crippen LogP contribution in [0.1, 0.15) is 11.6 Å². The zero-order valence-corrected chi connectivity index (χ0v) is 8.24. The van der Waals surface area contributed by atoms with Crippen LogP contribution in [0, 0.1) is 0 Å². The molecule has 0 bridgehead atoms. The molecule has 4 nitrogen and oxygen atoms in total. The van der Waals surface area contributed by atoms with E-state index in [2.05, 4.69) is 5.10 Å². The Hall–Kier alpha value is -1.65. The highest BCUT2D eigenvalue weighted by molar-refractivity contribution is 5.42. The van der Waals surface area contributed by atoms with Gasteiger partial charge in [0.05, 0.1) is 18.3 Å². The van der Waals surface area contributed by atoms with Crippen LogP contribution in [-0.4, -0.2) is 21.5 Å². The summed E-state index contributed by atoms with van der Waals surface area (Å²) < 4.78 is 1.74. The Morgan fingerprint density at radius 1 is 1.33 bits per heavy atom. The zero-order chi connectivity index (χ0) is 10.7. The second kappa shape index (κ2) is 4.25. The predicted octanol–water partition coefficient (Wildman–Crippen LogP) is 0.864. The highest BCUT2D eigenvalue weighted by Crippen LogP contribution is 2.18. The van der Waals surface area contributed by atoms with Gasteiger partial charge in [-0.15, -0.1) is 0 Å². The summed E-state index contributed by atoms with van der Waals surface area (Å²) >= 11 is 0. The molecule has 0 saturated carbocycles. The van der Waals surface area contributed by atoms with Crippen LogP contribution in [0.5, 0.6) is 0 Å². The van der Waals surface area contributed by atoms with E-state index in [1.807, 2.05) is 36.5 Å². The average Bonchev–Trinajstić information content (AvgIpc) is 2.81. The number of benzene rings is 1. The monoisotopic (exact) mass is 203 g/mol. The van der Waals surface area contributed by atoms with Crippen molar-refractivity contribution in [3.05, 3.63) is 48.3 Å². The molecule has 1 heterocycles. The fraction of sp³-hybridized carbons (Fsp3) is 0.182. The summed E-state index contributed by atoms with van der Waals surface area (Å²) in [5, 5.41) is 13.2. The molecule has 2 aromatic rings. The van der Waals surface area contributed by atoms with Crippen molar-refractivity contribution in [3.8, 4) is 5.69 Å². The minimum Gasteiger partial charge on any atom is -0.394 e. The number of hydrogen-bond acceptors (Lipinski definition) is 3. The fourth-order valence-electron chi connectivity index (χ4n) is 1.52. The van der Waals surface area contributed by atoms with Gasteiger partial charge in [0.1, 0.15) is 0 Å². The summed E-state index contributed by atoms with van der Waals surface area (Å²) in [4.78, 5) is 0. The van der Waals surface area contributed by atoms with E-state index in [9.17, 15) is 0 Å². The molecular weight excluding hydrogens is 190 g/mol. The minimum atomic E-state index is -0.370. The van der Waals surface area contributed by atoms with Gasteiger partial charge in [-0.1, -0.05) is 18.2 Å². The van der Waals surface area contributed by atoms with E-state index in [0.29, 0.717) is 0 Å². The summed E-state index contributed by atoms with van der Waals surface area (Å²) in [6.07, 6.45) is 3.56. The molecule has 3 N–H and O–H groups in total. The molecule has 0 radical (unpaired) electrons. The molecule has 15 heavy (non-hydrogen) atoms. The molecule has 0 spiro atoms. The van der Waals surface area contributed by atoms with Gasteiger partial charge in [0.2, 0.25) is 0 Å². The van der Waals surface area contributed by atoms with E-state index in [4.69, 9.17) is 10.8 Å². The molecule has 1 atom stereocenters. The van der Waals surface area contributed by atoms with Crippen molar-refractivity contribution in [2.45, 2.75) is 6.04 Å². The van der Waals surface area contributed by atoms with Crippen LogP contribution in [0.25, 0.3) is 5.69 Å². The smallest absolute Gasteiger partial charge is 0.0694 e. The number of nitrogens with zero attached hydrogens (tertiary/aromatic N) is 2. The van der Waals surface area contributed by atoms with Gasteiger partial charge in [-0.2, -0.15) is 5.10 Å². The number of nitrogens with two attached hydrogens (primary N) is 1. The third-order valence-corrected chi connectivity index (χ3v) is 2.28. The Morgan fingerprint density at radius 2 is 2.13 bits per heavy atom. The van der Waals surface area contributed by atoms with Crippen molar-refractivity contribution < 1.29 is 5.11 Å². The summed E-state index contributed by atoms with van der Waals surface area (Å²) in [6.45, 7) is -0.0711. The van der Waals surface area contributed by atoms with E-state index in [0.717, 1.165) is 11.3 Å². The van der Waals surface area contributed by atoms with Crippen LogP contribution in [0.15, 0.2) is 42.7 Å². The maximum Gasteiger partial charge on any atom is 0.0694 e. The molecule has 1 aromatic carbocycles. The summed E-state index contributed by atoms with van der Waals surface area (Å²) in [7, 11) is 0. The summed E-state index contributed by atoms with van der Waals surface area (Å²) in [5.74, 6) is 0. The van der Waals surface area contributed by atoms with Crippen LogP contribution in [0.4, 0.5) is 0 Å². The molecule has 0 aliphatic heterocycles. The number of hydrogen-bond donors (Lipinski definition) is 2. The van der Waals surface area contributed by atoms with Crippen molar-refractivity contribution in [1.82, 2.24) is 9.78 Å². The third kappa shape index (κ3) is 1.91. The SMILES string of the molecule is NC(CO)c1ccccc1-n1cccn1. The molecule has 78 valence electrons. The Morgan fingerprint density at radius 3 is 2.80 bits per heavy atom. The topological polar surface area (TPSA) is 64.1 Å². The lowest BCUT2D eigenvalue weighted by Crippen LogP contribution is -2.17. The Kier molecular flexibility index (Phi) is 2.80. The zero-order valence-electron chi connectivity index (χ0n) is 8.24. The first kappa shape index (κ1) is 9.89.